The highest BCUT2D eigenvalue weighted by atomic mass is 16.2. The van der Waals surface area contributed by atoms with Gasteiger partial charge < -0.3 is 9.80 Å². The lowest BCUT2D eigenvalue weighted by Gasteiger charge is -2.34. The highest BCUT2D eigenvalue weighted by Crippen LogP contribution is 2.35. The Morgan fingerprint density at radius 2 is 1.41 bits per heavy atom. The second-order valence-electron chi connectivity index (χ2n) is 7.60. The SMILES string of the molecule is O=C(C1CC1)N1CCC[C@H](C(=O)N2C[C@@H]3CC=CC[C@H]3C2)C1. The molecule has 4 rings (SSSR count). The van der Waals surface area contributed by atoms with E-state index in [1.165, 1.54) is 0 Å². The number of amides is 2. The van der Waals surface area contributed by atoms with Crippen LogP contribution in [0.1, 0.15) is 38.5 Å². The minimum absolute atomic E-state index is 0.0459. The Hall–Kier alpha value is -1.32. The van der Waals surface area contributed by atoms with Crippen LogP contribution < -0.4 is 0 Å². The van der Waals surface area contributed by atoms with E-state index >= 15 is 0 Å². The van der Waals surface area contributed by atoms with Gasteiger partial charge in [0.2, 0.25) is 11.8 Å². The normalized spacial score (nSPS) is 34.6. The number of carbonyl (C=O) groups excluding carboxylic acids is 2. The van der Waals surface area contributed by atoms with Crippen LogP contribution in [0, 0.1) is 23.7 Å². The van der Waals surface area contributed by atoms with E-state index in [1.54, 1.807) is 0 Å². The third-order valence-corrected chi connectivity index (χ3v) is 5.94. The van der Waals surface area contributed by atoms with Gasteiger partial charge in [-0.05, 0) is 50.4 Å². The van der Waals surface area contributed by atoms with Crippen LogP contribution in [0.4, 0.5) is 0 Å². The Morgan fingerprint density at radius 1 is 0.773 bits per heavy atom. The van der Waals surface area contributed by atoms with E-state index in [4.69, 9.17) is 0 Å². The van der Waals surface area contributed by atoms with Crippen LogP contribution in [-0.4, -0.2) is 47.8 Å². The van der Waals surface area contributed by atoms with Crippen LogP contribution in [0.2, 0.25) is 0 Å². The third-order valence-electron chi connectivity index (χ3n) is 5.94. The molecule has 1 saturated carbocycles. The van der Waals surface area contributed by atoms with Gasteiger partial charge in [-0.2, -0.15) is 0 Å². The van der Waals surface area contributed by atoms with E-state index in [0.717, 1.165) is 58.2 Å². The molecule has 4 aliphatic rings. The van der Waals surface area contributed by atoms with Gasteiger partial charge in [0.25, 0.3) is 0 Å². The molecule has 0 unspecified atom stereocenters. The Bertz CT molecular complexity index is 481. The molecule has 2 saturated heterocycles. The van der Waals surface area contributed by atoms with Crippen LogP contribution in [0.5, 0.6) is 0 Å². The summed E-state index contributed by atoms with van der Waals surface area (Å²) in [4.78, 5) is 29.2. The average molecular weight is 302 g/mol. The van der Waals surface area contributed by atoms with E-state index in [1.807, 2.05) is 4.90 Å². The van der Waals surface area contributed by atoms with Crippen molar-refractivity contribution < 1.29 is 9.59 Å². The fourth-order valence-corrected chi connectivity index (χ4v) is 4.42. The summed E-state index contributed by atoms with van der Waals surface area (Å²) in [6, 6.07) is 0. The predicted molar refractivity (Wildman–Crippen MR) is 84.0 cm³/mol. The van der Waals surface area contributed by atoms with Crippen molar-refractivity contribution in [3.8, 4) is 0 Å². The van der Waals surface area contributed by atoms with Gasteiger partial charge in [-0.15, -0.1) is 0 Å². The molecule has 2 amide bonds. The minimum Gasteiger partial charge on any atom is -0.342 e. The van der Waals surface area contributed by atoms with Crippen LogP contribution in [0.25, 0.3) is 0 Å². The van der Waals surface area contributed by atoms with E-state index in [9.17, 15) is 9.59 Å². The molecular weight excluding hydrogens is 276 g/mol. The van der Waals surface area contributed by atoms with Crippen molar-refractivity contribution in [3.05, 3.63) is 12.2 Å². The van der Waals surface area contributed by atoms with Crippen LogP contribution in [0.15, 0.2) is 12.2 Å². The highest BCUT2D eigenvalue weighted by Gasteiger charge is 2.40. The number of fused-ring (bicyclic) bond motifs is 1. The topological polar surface area (TPSA) is 40.6 Å². The van der Waals surface area contributed by atoms with Gasteiger partial charge in [-0.25, -0.2) is 0 Å². The molecule has 0 aromatic carbocycles. The van der Waals surface area contributed by atoms with Crippen molar-refractivity contribution in [2.75, 3.05) is 26.2 Å². The summed E-state index contributed by atoms with van der Waals surface area (Å²) in [6.07, 6.45) is 10.8. The Kier molecular flexibility index (Phi) is 3.71. The zero-order valence-corrected chi connectivity index (χ0v) is 13.2. The first-order valence-electron chi connectivity index (χ1n) is 8.95. The molecular formula is C18H26N2O2. The van der Waals surface area contributed by atoms with Crippen molar-refractivity contribution in [2.45, 2.75) is 38.5 Å². The van der Waals surface area contributed by atoms with Gasteiger partial charge in [-0.1, -0.05) is 12.2 Å². The first-order chi connectivity index (χ1) is 10.7. The predicted octanol–water partition coefficient (Wildman–Crippen LogP) is 2.06. The molecule has 2 aliphatic carbocycles. The fraction of sp³-hybridized carbons (Fsp3) is 0.778. The zero-order valence-electron chi connectivity index (χ0n) is 13.2. The second kappa shape index (κ2) is 5.71. The molecule has 3 fully saturated rings. The summed E-state index contributed by atoms with van der Waals surface area (Å²) in [7, 11) is 0. The second-order valence-corrected chi connectivity index (χ2v) is 7.60. The standard InChI is InChI=1S/C18H26N2O2/c21-17(13-7-8-13)19-9-3-6-16(12-19)18(22)20-10-14-4-1-2-5-15(14)11-20/h1-2,13-16H,3-12H2/t14-,15-,16-/m0/s1. The summed E-state index contributed by atoms with van der Waals surface area (Å²) < 4.78 is 0. The van der Waals surface area contributed by atoms with Gasteiger partial charge in [0.1, 0.15) is 0 Å². The number of rotatable bonds is 2. The van der Waals surface area contributed by atoms with Crippen LogP contribution in [-0.2, 0) is 9.59 Å². The quantitative estimate of drug-likeness (QED) is 0.733. The van der Waals surface area contributed by atoms with Gasteiger partial charge in [0.15, 0.2) is 0 Å². The molecule has 0 spiro atoms. The molecule has 0 aromatic rings. The van der Waals surface area contributed by atoms with E-state index in [2.05, 4.69) is 17.1 Å². The fourth-order valence-electron chi connectivity index (χ4n) is 4.42. The molecule has 0 bridgehead atoms. The van der Waals surface area contributed by atoms with Crippen molar-refractivity contribution in [1.82, 2.24) is 9.80 Å². The molecule has 0 radical (unpaired) electrons. The number of hydrogen-bond acceptors (Lipinski definition) is 2. The monoisotopic (exact) mass is 302 g/mol. The van der Waals surface area contributed by atoms with Crippen molar-refractivity contribution >= 4 is 11.8 Å². The number of hydrogen-bond donors (Lipinski definition) is 0. The summed E-state index contributed by atoms with van der Waals surface area (Å²) in [5.41, 5.74) is 0. The Balaban J connectivity index is 1.37. The number of nitrogens with zero attached hydrogens (tertiary/aromatic N) is 2. The van der Waals surface area contributed by atoms with Crippen molar-refractivity contribution in [1.29, 1.82) is 0 Å². The zero-order chi connectivity index (χ0) is 15.1. The lowest BCUT2D eigenvalue weighted by atomic mass is 9.86. The minimum atomic E-state index is 0.0459. The lowest BCUT2D eigenvalue weighted by Crippen LogP contribution is -2.46. The van der Waals surface area contributed by atoms with Crippen molar-refractivity contribution in [2.24, 2.45) is 23.7 Å². The molecule has 0 N–H and O–H groups in total. The van der Waals surface area contributed by atoms with Gasteiger partial charge in [-0.3, -0.25) is 9.59 Å². The first-order valence-corrected chi connectivity index (χ1v) is 8.95. The van der Waals surface area contributed by atoms with Crippen LogP contribution >= 0.6 is 0 Å². The van der Waals surface area contributed by atoms with E-state index < -0.39 is 0 Å². The maximum Gasteiger partial charge on any atom is 0.227 e. The molecule has 4 heteroatoms. The molecule has 3 atom stereocenters. The molecule has 4 nitrogen and oxygen atoms in total. The molecule has 2 heterocycles. The molecule has 120 valence electrons. The van der Waals surface area contributed by atoms with Gasteiger partial charge >= 0.3 is 0 Å². The lowest BCUT2D eigenvalue weighted by molar-refractivity contribution is -0.141. The number of likely N-dealkylation sites (tertiary alicyclic amines) is 2. The summed E-state index contributed by atoms with van der Waals surface area (Å²) in [5.74, 6) is 2.27. The van der Waals surface area contributed by atoms with Gasteiger partial charge in [0, 0.05) is 32.1 Å². The van der Waals surface area contributed by atoms with Crippen LogP contribution in [0.3, 0.4) is 0 Å². The Labute approximate surface area is 132 Å². The maximum atomic E-state index is 12.9. The molecule has 22 heavy (non-hydrogen) atoms. The number of carbonyl (C=O) groups is 2. The van der Waals surface area contributed by atoms with Crippen molar-refractivity contribution in [3.63, 3.8) is 0 Å². The largest absolute Gasteiger partial charge is 0.342 e. The smallest absolute Gasteiger partial charge is 0.227 e. The third kappa shape index (κ3) is 2.68. The van der Waals surface area contributed by atoms with E-state index in [-0.39, 0.29) is 11.8 Å². The number of allylic oxidation sites excluding steroid dienone is 2. The first kappa shape index (κ1) is 14.3. The Morgan fingerprint density at radius 3 is 2.05 bits per heavy atom. The van der Waals surface area contributed by atoms with Gasteiger partial charge in [0.05, 0.1) is 5.92 Å². The summed E-state index contributed by atoms with van der Waals surface area (Å²) >= 11 is 0. The molecule has 0 aromatic heterocycles. The highest BCUT2D eigenvalue weighted by molar-refractivity contribution is 5.83. The summed E-state index contributed by atoms with van der Waals surface area (Å²) in [6.45, 7) is 3.38. The maximum absolute atomic E-state index is 12.9. The summed E-state index contributed by atoms with van der Waals surface area (Å²) in [5, 5.41) is 0. The van der Waals surface area contributed by atoms with E-state index in [0.29, 0.717) is 30.2 Å². The molecule has 2 aliphatic heterocycles. The average Bonchev–Trinajstić information content (AvgIpc) is 3.32. The number of piperidine rings is 1.